The largest absolute Gasteiger partial charge is 0.316 e. The number of hydrogen-bond acceptors (Lipinski definition) is 3. The lowest BCUT2D eigenvalue weighted by Crippen LogP contribution is -2.09. The van der Waals surface area contributed by atoms with Gasteiger partial charge in [-0.25, -0.2) is 4.85 Å². The quantitative estimate of drug-likeness (QED) is 0.153. The predicted molar refractivity (Wildman–Crippen MR) is 314 cm³/mol. The molecule has 0 radical (unpaired) electrons. The molecule has 342 valence electrons. The van der Waals surface area contributed by atoms with E-state index in [-0.39, 0.29) is 0 Å². The van der Waals surface area contributed by atoms with E-state index in [1.54, 1.807) is 22.7 Å². The molecule has 0 aliphatic heterocycles. The van der Waals surface area contributed by atoms with Gasteiger partial charge in [-0.2, -0.15) is 5.26 Å². The number of hydrogen-bond donors (Lipinski definition) is 0. The van der Waals surface area contributed by atoms with Crippen molar-refractivity contribution in [3.8, 4) is 62.0 Å². The van der Waals surface area contributed by atoms with Crippen molar-refractivity contribution in [2.75, 3.05) is 0 Å². The molecule has 0 saturated heterocycles. The van der Waals surface area contributed by atoms with Gasteiger partial charge in [-0.05, 0) is 57.6 Å². The second kappa shape index (κ2) is 16.5. The van der Waals surface area contributed by atoms with Gasteiger partial charge in [0, 0.05) is 63.6 Å². The van der Waals surface area contributed by atoms with Crippen LogP contribution in [0.15, 0.2) is 231 Å². The third kappa shape index (κ3) is 6.05. The van der Waals surface area contributed by atoms with Crippen molar-refractivity contribution >= 4 is 112 Å². The van der Waals surface area contributed by atoms with Crippen LogP contribution in [-0.2, 0) is 0 Å². The van der Waals surface area contributed by atoms with Crippen LogP contribution in [0.4, 0.5) is 5.69 Å². The summed E-state index contributed by atoms with van der Waals surface area (Å²) in [6, 6.07) is 84.3. The Morgan fingerprint density at radius 3 is 1.47 bits per heavy atom. The maximum absolute atomic E-state index is 12.3. The van der Waals surface area contributed by atoms with E-state index in [0.29, 0.717) is 16.8 Å². The van der Waals surface area contributed by atoms with Gasteiger partial charge in [0.25, 0.3) is 0 Å². The normalized spacial score (nSPS) is 11.8. The lowest BCUT2D eigenvalue weighted by atomic mass is 9.85. The van der Waals surface area contributed by atoms with Gasteiger partial charge in [0.2, 0.25) is 5.69 Å². The van der Waals surface area contributed by atoms with Gasteiger partial charge in [-0.15, -0.1) is 22.7 Å². The van der Waals surface area contributed by atoms with Crippen molar-refractivity contribution in [3.05, 3.63) is 248 Å². The Bertz CT molecular complexity index is 4780. The van der Waals surface area contributed by atoms with Crippen molar-refractivity contribution in [1.82, 2.24) is 9.13 Å². The van der Waals surface area contributed by atoms with Crippen molar-refractivity contribution in [3.63, 3.8) is 0 Å². The van der Waals surface area contributed by atoms with Gasteiger partial charge >= 0.3 is 0 Å². The summed E-state index contributed by atoms with van der Waals surface area (Å²) in [6.07, 6.45) is 0. The van der Waals surface area contributed by atoms with Crippen LogP contribution in [-0.4, -0.2) is 9.13 Å². The van der Waals surface area contributed by atoms with Crippen LogP contribution < -0.4 is 0 Å². The molecule has 0 spiro atoms. The fourth-order valence-corrected chi connectivity index (χ4v) is 14.3. The van der Waals surface area contributed by atoms with Crippen molar-refractivity contribution in [2.45, 2.75) is 0 Å². The highest BCUT2D eigenvalue weighted by Crippen LogP contribution is 2.56. The second-order valence-corrected chi connectivity index (χ2v) is 20.9. The van der Waals surface area contributed by atoms with Gasteiger partial charge in [-0.3, -0.25) is 0 Å². The Labute approximate surface area is 433 Å². The third-order valence-electron chi connectivity index (χ3n) is 15.0. The number of para-hydroxylation sites is 1. The first-order valence-corrected chi connectivity index (χ1v) is 26.3. The summed E-state index contributed by atoms with van der Waals surface area (Å²) < 4.78 is 9.48. The highest BCUT2D eigenvalue weighted by Gasteiger charge is 2.34. The number of nitrogens with zero attached hydrogens (tertiary/aromatic N) is 4. The van der Waals surface area contributed by atoms with E-state index < -0.39 is 0 Å². The number of thiophene rings is 2. The summed E-state index contributed by atoms with van der Waals surface area (Å²) >= 11 is 3.60. The van der Waals surface area contributed by atoms with Gasteiger partial charge in [0.1, 0.15) is 6.07 Å². The zero-order valence-corrected chi connectivity index (χ0v) is 41.2. The van der Waals surface area contributed by atoms with Gasteiger partial charge < -0.3 is 9.13 Å². The third-order valence-corrected chi connectivity index (χ3v) is 17.4. The molecule has 0 atom stereocenters. The molecule has 0 N–H and O–H groups in total. The molecular weight excluding hydrogens is 937 g/mol. The highest BCUT2D eigenvalue weighted by molar-refractivity contribution is 7.27. The van der Waals surface area contributed by atoms with E-state index in [1.807, 2.05) is 24.3 Å². The summed E-state index contributed by atoms with van der Waals surface area (Å²) in [6.45, 7) is 9.73. The Hall–Kier alpha value is -9.56. The Morgan fingerprint density at radius 1 is 0.378 bits per heavy atom. The van der Waals surface area contributed by atoms with Gasteiger partial charge in [-0.1, -0.05) is 206 Å². The molecule has 74 heavy (non-hydrogen) atoms. The maximum Gasteiger partial charge on any atom is 0.220 e. The summed E-state index contributed by atoms with van der Waals surface area (Å²) in [5.74, 6) is 0. The summed E-state index contributed by atoms with van der Waals surface area (Å²) in [7, 11) is 0. The first-order valence-electron chi connectivity index (χ1n) is 24.7. The highest BCUT2D eigenvalue weighted by atomic mass is 32.1. The van der Waals surface area contributed by atoms with E-state index in [9.17, 15) is 11.8 Å². The Morgan fingerprint density at radius 2 is 0.865 bits per heavy atom. The van der Waals surface area contributed by atoms with Crippen LogP contribution in [0.1, 0.15) is 5.56 Å². The van der Waals surface area contributed by atoms with E-state index in [4.69, 9.17) is 4.85 Å². The molecule has 0 amide bonds. The van der Waals surface area contributed by atoms with Crippen LogP contribution in [0.3, 0.4) is 0 Å². The summed E-state index contributed by atoms with van der Waals surface area (Å²) in [5.41, 5.74) is 13.5. The second-order valence-electron chi connectivity index (χ2n) is 18.8. The van der Waals surface area contributed by atoms with E-state index >= 15 is 0 Å². The van der Waals surface area contributed by atoms with Crippen LogP contribution in [0, 0.1) is 17.9 Å². The minimum atomic E-state index is 0.410. The van der Waals surface area contributed by atoms with Crippen LogP contribution >= 0.6 is 22.7 Å². The molecular formula is C68H38N4S2. The standard InChI is InChI=1S/C68H38N4S2/c1-70-62-61(50-29-12-11-25-45(50)42-21-7-3-8-22-42)55(40-69)63(71-56-30-16-13-26-46(56)47-34-33-44(39-57(47)71)41-19-5-2-6-20-41)60(43-23-9-4-10-24-43)66(62)72-64-51(35-37-53-48-27-14-17-31-58(48)73-67(53)64)52-36-38-54-49-28-15-18-32-59(49)74-68(54)65(52)72/h2-39H. The summed E-state index contributed by atoms with van der Waals surface area (Å²) in [4.78, 5) is 4.77. The minimum Gasteiger partial charge on any atom is -0.316 e. The number of benzene rings is 11. The molecule has 0 unspecified atom stereocenters. The molecule has 4 heterocycles. The zero-order valence-electron chi connectivity index (χ0n) is 39.5. The molecule has 15 aromatic rings. The number of rotatable bonds is 6. The molecule has 11 aromatic carbocycles. The maximum atomic E-state index is 12.3. The monoisotopic (exact) mass is 974 g/mol. The molecule has 0 fully saturated rings. The molecule has 4 aromatic heterocycles. The lowest BCUT2D eigenvalue weighted by molar-refractivity contribution is 1.14. The Balaban J connectivity index is 1.25. The lowest BCUT2D eigenvalue weighted by Gasteiger charge is -2.26. The fraction of sp³-hybridized carbons (Fsp3) is 0. The van der Waals surface area contributed by atoms with E-state index in [2.05, 4.69) is 221 Å². The smallest absolute Gasteiger partial charge is 0.220 e. The molecule has 4 nitrogen and oxygen atoms in total. The molecule has 0 aliphatic rings. The van der Waals surface area contributed by atoms with Crippen LogP contribution in [0.2, 0.25) is 0 Å². The fourth-order valence-electron chi connectivity index (χ4n) is 11.9. The molecule has 15 rings (SSSR count). The average Bonchev–Trinajstić information content (AvgIpc) is 4.23. The summed E-state index contributed by atoms with van der Waals surface area (Å²) in [5, 5.41) is 21.4. The zero-order chi connectivity index (χ0) is 49.0. The SMILES string of the molecule is [C-]#[N+]c1c(-c2ccccc2-c2ccccc2)c(C#N)c(-n2c3ccccc3c3ccc(-c4ccccc4)cc32)c(-c2ccccc2)c1-n1c2c(ccc3c4ccccc4sc32)c2ccc3c4ccccc4sc3c21. The van der Waals surface area contributed by atoms with Crippen molar-refractivity contribution < 1.29 is 0 Å². The van der Waals surface area contributed by atoms with E-state index in [1.165, 1.54) is 30.9 Å². The topological polar surface area (TPSA) is 38.0 Å². The minimum absolute atomic E-state index is 0.410. The van der Waals surface area contributed by atoms with Crippen LogP contribution in [0.5, 0.6) is 0 Å². The average molecular weight is 975 g/mol. The van der Waals surface area contributed by atoms with Crippen molar-refractivity contribution in [2.24, 2.45) is 0 Å². The van der Waals surface area contributed by atoms with Crippen molar-refractivity contribution in [1.29, 1.82) is 5.26 Å². The van der Waals surface area contributed by atoms with Crippen LogP contribution in [0.25, 0.3) is 145 Å². The van der Waals surface area contributed by atoms with E-state index in [0.717, 1.165) is 103 Å². The first kappa shape index (κ1) is 42.2. The first-order chi connectivity index (χ1) is 36.7. The number of nitriles is 1. The molecule has 0 bridgehead atoms. The molecule has 6 heteroatoms. The molecule has 0 aliphatic carbocycles. The van der Waals surface area contributed by atoms with Gasteiger partial charge in [0.05, 0.1) is 55.0 Å². The molecule has 0 saturated carbocycles. The number of aromatic nitrogens is 2. The Kier molecular flexibility index (Phi) is 9.40. The van der Waals surface area contributed by atoms with Gasteiger partial charge in [0.15, 0.2) is 0 Å². The predicted octanol–water partition coefficient (Wildman–Crippen LogP) is 19.7. The number of fused-ring (bicyclic) bond motifs is 14.